The third kappa shape index (κ3) is 9.95. The van der Waals surface area contributed by atoms with Gasteiger partial charge in [-0.15, -0.1) is 0 Å². The van der Waals surface area contributed by atoms with Crippen LogP contribution in [-0.4, -0.2) is 36.7 Å². The van der Waals surface area contributed by atoms with Crippen molar-refractivity contribution in [3.05, 3.63) is 17.8 Å². The van der Waals surface area contributed by atoms with Crippen LogP contribution in [0.5, 0.6) is 0 Å². The van der Waals surface area contributed by atoms with Crippen molar-refractivity contribution in [2.24, 2.45) is 5.73 Å². The first-order valence-corrected chi connectivity index (χ1v) is 6.11. The summed E-state index contributed by atoms with van der Waals surface area (Å²) in [6, 6.07) is 1.59. The van der Waals surface area contributed by atoms with Crippen LogP contribution in [0.1, 0.15) is 38.1 Å². The van der Waals surface area contributed by atoms with Crippen LogP contribution in [0.15, 0.2) is 12.3 Å². The van der Waals surface area contributed by atoms with Gasteiger partial charge in [0.15, 0.2) is 0 Å². The summed E-state index contributed by atoms with van der Waals surface area (Å²) in [4.78, 5) is 23.3. The van der Waals surface area contributed by atoms with Crippen LogP contribution in [0.25, 0.3) is 0 Å². The number of hydrogen-bond donors (Lipinski definition) is 3. The molecule has 7 heteroatoms. The van der Waals surface area contributed by atoms with E-state index in [4.69, 9.17) is 10.5 Å². The number of aromatic amines is 1. The van der Waals surface area contributed by atoms with E-state index >= 15 is 0 Å². The zero-order valence-corrected chi connectivity index (χ0v) is 12.7. The zero-order chi connectivity index (χ0) is 16.2. The van der Waals surface area contributed by atoms with Crippen LogP contribution in [0.3, 0.4) is 0 Å². The molecule has 0 aliphatic rings. The molecule has 5 N–H and O–H groups in total. The molecule has 0 radical (unpaired) electrons. The molecular weight excluding hydrogens is 262 g/mol. The molecular formula is C13H25N3O4. The van der Waals surface area contributed by atoms with Crippen molar-refractivity contribution in [1.82, 2.24) is 4.98 Å². The molecule has 20 heavy (non-hydrogen) atoms. The maximum absolute atomic E-state index is 11.0. The molecule has 0 unspecified atom stereocenters. The van der Waals surface area contributed by atoms with Crippen LogP contribution in [0, 0.1) is 0 Å². The standard InChI is InChI=1S/C7H10N2O2.C5H10O2.CH5N/c1-2-11-7(10)5-3-4-9-6(5)8;1-5(2,3)7-4-6;1-2/h3-4,9H,2,8H2,1H3;4H,1-3H3;2H2,1H3. The summed E-state index contributed by atoms with van der Waals surface area (Å²) in [5.74, 6) is -0.0327. The van der Waals surface area contributed by atoms with Crippen LogP contribution in [0.2, 0.25) is 0 Å². The molecule has 0 saturated carbocycles. The maximum atomic E-state index is 11.0. The number of esters is 1. The zero-order valence-electron chi connectivity index (χ0n) is 12.7. The Morgan fingerprint density at radius 3 is 2.20 bits per heavy atom. The summed E-state index contributed by atoms with van der Waals surface area (Å²) in [6.45, 7) is 8.04. The lowest BCUT2D eigenvalue weighted by atomic mass is 10.2. The molecule has 0 aromatic carbocycles. The Kier molecular flexibility index (Phi) is 11.0. The second-order valence-corrected chi connectivity index (χ2v) is 4.35. The minimum Gasteiger partial charge on any atom is -0.462 e. The highest BCUT2D eigenvalue weighted by atomic mass is 16.5. The third-order valence-electron chi connectivity index (χ3n) is 1.68. The van der Waals surface area contributed by atoms with Gasteiger partial charge in [0.25, 0.3) is 6.47 Å². The van der Waals surface area contributed by atoms with E-state index in [1.165, 1.54) is 7.05 Å². The SMILES string of the molecule is CC(C)(C)OC=O.CCOC(=O)c1cc[nH]c1N.CN. The second-order valence-electron chi connectivity index (χ2n) is 4.35. The highest BCUT2D eigenvalue weighted by Crippen LogP contribution is 2.09. The Morgan fingerprint density at radius 1 is 1.40 bits per heavy atom. The summed E-state index contributed by atoms with van der Waals surface area (Å²) >= 11 is 0. The summed E-state index contributed by atoms with van der Waals surface area (Å²) in [7, 11) is 1.50. The summed E-state index contributed by atoms with van der Waals surface area (Å²) in [5.41, 5.74) is 9.99. The number of nitrogens with one attached hydrogen (secondary N) is 1. The van der Waals surface area contributed by atoms with Gasteiger partial charge in [0.05, 0.1) is 6.61 Å². The third-order valence-corrected chi connectivity index (χ3v) is 1.68. The quantitative estimate of drug-likeness (QED) is 0.569. The number of hydrogen-bond acceptors (Lipinski definition) is 6. The van der Waals surface area contributed by atoms with Gasteiger partial charge < -0.3 is 25.9 Å². The molecule has 1 aromatic rings. The first kappa shape index (κ1) is 20.3. The summed E-state index contributed by atoms with van der Waals surface area (Å²) in [6.07, 6.45) is 1.60. The van der Waals surface area contributed by atoms with Crippen molar-refractivity contribution in [3.63, 3.8) is 0 Å². The van der Waals surface area contributed by atoms with Crippen LogP contribution >= 0.6 is 0 Å². The lowest BCUT2D eigenvalue weighted by molar-refractivity contribution is -0.138. The van der Waals surface area contributed by atoms with Gasteiger partial charge in [-0.2, -0.15) is 0 Å². The number of aromatic nitrogens is 1. The number of ether oxygens (including phenoxy) is 2. The van der Waals surface area contributed by atoms with Gasteiger partial charge in [-0.25, -0.2) is 4.79 Å². The number of rotatable bonds is 3. The molecule has 0 aliphatic carbocycles. The Labute approximate surface area is 119 Å². The van der Waals surface area contributed by atoms with Crippen LogP contribution < -0.4 is 11.5 Å². The van der Waals surface area contributed by atoms with Crippen molar-refractivity contribution >= 4 is 18.3 Å². The summed E-state index contributed by atoms with van der Waals surface area (Å²) in [5, 5.41) is 0. The fourth-order valence-corrected chi connectivity index (χ4v) is 0.913. The predicted molar refractivity (Wildman–Crippen MR) is 78.2 cm³/mol. The predicted octanol–water partition coefficient (Wildman–Crippen LogP) is 1.31. The summed E-state index contributed by atoms with van der Waals surface area (Å²) < 4.78 is 9.28. The minimum absolute atomic E-state index is 0.318. The van der Waals surface area contributed by atoms with Gasteiger partial charge in [0, 0.05) is 6.20 Å². The molecule has 1 heterocycles. The van der Waals surface area contributed by atoms with Gasteiger partial charge in [-0.05, 0) is 40.8 Å². The number of carbonyl (C=O) groups excluding carboxylic acids is 2. The first-order valence-electron chi connectivity index (χ1n) is 6.11. The topological polar surface area (TPSA) is 120 Å². The fraction of sp³-hybridized carbons (Fsp3) is 0.538. The second kappa shape index (κ2) is 10.9. The van der Waals surface area contributed by atoms with Crippen molar-refractivity contribution in [2.75, 3.05) is 19.4 Å². The van der Waals surface area contributed by atoms with E-state index in [-0.39, 0.29) is 11.6 Å². The lowest BCUT2D eigenvalue weighted by Crippen LogP contribution is -2.17. The monoisotopic (exact) mass is 287 g/mol. The van der Waals surface area contributed by atoms with Crippen molar-refractivity contribution in [3.8, 4) is 0 Å². The minimum atomic E-state index is -0.383. The Hall–Kier alpha value is -2.02. The highest BCUT2D eigenvalue weighted by Gasteiger charge is 2.10. The Morgan fingerprint density at radius 2 is 1.95 bits per heavy atom. The van der Waals surface area contributed by atoms with Crippen molar-refractivity contribution in [1.29, 1.82) is 0 Å². The van der Waals surface area contributed by atoms with Crippen molar-refractivity contribution < 1.29 is 19.1 Å². The van der Waals surface area contributed by atoms with Crippen LogP contribution in [-0.2, 0) is 14.3 Å². The first-order chi connectivity index (χ1) is 9.31. The molecule has 0 aliphatic heterocycles. The number of carbonyl (C=O) groups is 2. The molecule has 0 atom stereocenters. The van der Waals surface area contributed by atoms with Crippen LogP contribution in [0.4, 0.5) is 5.82 Å². The lowest BCUT2D eigenvalue weighted by Gasteiger charge is -2.14. The number of nitrogens with two attached hydrogens (primary N) is 2. The van der Waals surface area contributed by atoms with E-state index < -0.39 is 0 Å². The maximum Gasteiger partial charge on any atom is 0.341 e. The highest BCUT2D eigenvalue weighted by molar-refractivity contribution is 5.94. The Bertz CT molecular complexity index is 383. The molecule has 7 nitrogen and oxygen atoms in total. The smallest absolute Gasteiger partial charge is 0.341 e. The fourth-order valence-electron chi connectivity index (χ4n) is 0.913. The number of H-pyrrole nitrogens is 1. The molecule has 0 bridgehead atoms. The molecule has 1 rings (SSSR count). The normalized spacial score (nSPS) is 9.30. The average molecular weight is 287 g/mol. The molecule has 116 valence electrons. The molecule has 0 amide bonds. The van der Waals surface area contributed by atoms with E-state index in [0.29, 0.717) is 24.5 Å². The largest absolute Gasteiger partial charge is 0.462 e. The van der Waals surface area contributed by atoms with Crippen molar-refractivity contribution in [2.45, 2.75) is 33.3 Å². The molecule has 0 saturated heterocycles. The Balaban J connectivity index is 0. The van der Waals surface area contributed by atoms with E-state index in [1.54, 1.807) is 19.2 Å². The number of nitrogen functional groups attached to an aromatic ring is 1. The molecule has 0 spiro atoms. The van der Waals surface area contributed by atoms with Gasteiger partial charge in [-0.3, -0.25) is 4.79 Å². The van der Waals surface area contributed by atoms with E-state index in [0.717, 1.165) is 0 Å². The van der Waals surface area contributed by atoms with E-state index in [9.17, 15) is 9.59 Å². The van der Waals surface area contributed by atoms with Gasteiger partial charge in [-0.1, -0.05) is 0 Å². The average Bonchev–Trinajstić information content (AvgIpc) is 2.78. The molecule has 0 fully saturated rings. The molecule has 1 aromatic heterocycles. The van der Waals surface area contributed by atoms with E-state index in [1.807, 2.05) is 20.8 Å². The van der Waals surface area contributed by atoms with Gasteiger partial charge in [0.1, 0.15) is 17.0 Å². The number of anilines is 1. The van der Waals surface area contributed by atoms with Gasteiger partial charge in [0.2, 0.25) is 0 Å². The van der Waals surface area contributed by atoms with Gasteiger partial charge >= 0.3 is 5.97 Å². The van der Waals surface area contributed by atoms with E-state index in [2.05, 4.69) is 15.5 Å².